The molecule has 0 aromatic carbocycles. The molecule has 21 heavy (non-hydrogen) atoms. The van der Waals surface area contributed by atoms with Crippen molar-refractivity contribution in [2.24, 2.45) is 0 Å². The Bertz CT molecular complexity index is 327. The lowest BCUT2D eigenvalue weighted by Gasteiger charge is -2.15. The highest BCUT2D eigenvalue weighted by molar-refractivity contribution is 7.86. The van der Waals surface area contributed by atoms with E-state index in [-0.39, 0.29) is 6.10 Å². The van der Waals surface area contributed by atoms with Crippen molar-refractivity contribution < 1.29 is 18.1 Å². The fraction of sp³-hybridized carbons (Fsp3) is 1.00. The molecule has 0 aliphatic heterocycles. The van der Waals surface area contributed by atoms with E-state index in [9.17, 15) is 18.1 Å². The van der Waals surface area contributed by atoms with Crippen LogP contribution in [0.5, 0.6) is 0 Å². The molecule has 0 bridgehead atoms. The second-order valence-electron chi connectivity index (χ2n) is 6.07. The molecule has 2 atom stereocenters. The fourth-order valence-electron chi connectivity index (χ4n) is 2.65. The number of unbranched alkanes of at least 4 members (excludes halogenated alkanes) is 5. The first kappa shape index (κ1) is 20.9. The first-order valence-electron chi connectivity index (χ1n) is 8.56. The summed E-state index contributed by atoms with van der Waals surface area (Å²) in [5.41, 5.74) is 0. The number of aliphatic hydroxyl groups is 1. The van der Waals surface area contributed by atoms with Crippen molar-refractivity contribution in [1.82, 2.24) is 0 Å². The molecule has 5 heteroatoms. The second kappa shape index (κ2) is 12.4. The Morgan fingerprint density at radius 3 is 1.90 bits per heavy atom. The minimum absolute atomic E-state index is 0.342. The largest absolute Gasteiger partial charge is 0.393 e. The van der Waals surface area contributed by atoms with E-state index in [1.807, 2.05) is 6.92 Å². The fourth-order valence-corrected chi connectivity index (χ4v) is 3.58. The van der Waals surface area contributed by atoms with Crippen LogP contribution in [0.1, 0.15) is 90.9 Å². The van der Waals surface area contributed by atoms with Gasteiger partial charge >= 0.3 is 0 Å². The zero-order chi connectivity index (χ0) is 16.1. The summed E-state index contributed by atoms with van der Waals surface area (Å²) in [6.45, 7) is 4.18. The third kappa shape index (κ3) is 12.1. The van der Waals surface area contributed by atoms with Crippen LogP contribution in [0.2, 0.25) is 0 Å². The number of rotatable bonds is 14. The smallest absolute Gasteiger partial charge is 0.267 e. The van der Waals surface area contributed by atoms with Gasteiger partial charge < -0.3 is 5.11 Å². The average Bonchev–Trinajstić information content (AvgIpc) is 2.39. The van der Waals surface area contributed by atoms with Crippen LogP contribution >= 0.6 is 0 Å². The van der Waals surface area contributed by atoms with E-state index in [4.69, 9.17) is 0 Å². The molecule has 0 spiro atoms. The van der Waals surface area contributed by atoms with Gasteiger partial charge in [0.15, 0.2) is 0 Å². The van der Waals surface area contributed by atoms with Gasteiger partial charge in [0.1, 0.15) is 0 Å². The van der Waals surface area contributed by atoms with Crippen LogP contribution < -0.4 is 0 Å². The summed E-state index contributed by atoms with van der Waals surface area (Å²) in [6, 6.07) is 0. The molecule has 0 aliphatic rings. The molecule has 0 aliphatic carbocycles. The summed E-state index contributed by atoms with van der Waals surface area (Å²) in [5.74, 6) is 0. The molecule has 2 N–H and O–H groups in total. The summed E-state index contributed by atoms with van der Waals surface area (Å²) in [5, 5.41) is 8.99. The SMILES string of the molecule is CCCCCCCCC(CCCC(O)CCC)S(=O)(=O)O. The lowest BCUT2D eigenvalue weighted by Crippen LogP contribution is -2.21. The van der Waals surface area contributed by atoms with Gasteiger partial charge in [0, 0.05) is 0 Å². The number of aliphatic hydroxyl groups excluding tert-OH is 1. The predicted molar refractivity (Wildman–Crippen MR) is 88.1 cm³/mol. The van der Waals surface area contributed by atoms with Crippen LogP contribution in [-0.2, 0) is 10.1 Å². The Kier molecular flexibility index (Phi) is 12.3. The van der Waals surface area contributed by atoms with E-state index in [0.717, 1.165) is 32.1 Å². The van der Waals surface area contributed by atoms with Crippen molar-refractivity contribution in [3.8, 4) is 0 Å². The van der Waals surface area contributed by atoms with Crippen LogP contribution in [0.3, 0.4) is 0 Å². The third-order valence-electron chi connectivity index (χ3n) is 3.99. The Labute approximate surface area is 131 Å². The Morgan fingerprint density at radius 2 is 1.33 bits per heavy atom. The minimum Gasteiger partial charge on any atom is -0.393 e. The lowest BCUT2D eigenvalue weighted by atomic mass is 10.0. The maximum atomic E-state index is 11.4. The Balaban J connectivity index is 3.95. The highest BCUT2D eigenvalue weighted by atomic mass is 32.2. The molecule has 0 aromatic rings. The molecule has 0 heterocycles. The Hall–Kier alpha value is -0.130. The van der Waals surface area contributed by atoms with Gasteiger partial charge in [-0.1, -0.05) is 58.8 Å². The van der Waals surface area contributed by atoms with Gasteiger partial charge in [-0.15, -0.1) is 0 Å². The van der Waals surface area contributed by atoms with Gasteiger partial charge in [0.05, 0.1) is 11.4 Å². The van der Waals surface area contributed by atoms with Crippen molar-refractivity contribution in [1.29, 1.82) is 0 Å². The van der Waals surface area contributed by atoms with Crippen LogP contribution in [0.15, 0.2) is 0 Å². The molecule has 0 rings (SSSR count). The van der Waals surface area contributed by atoms with Crippen molar-refractivity contribution in [2.45, 2.75) is 102 Å². The first-order valence-corrected chi connectivity index (χ1v) is 10.1. The van der Waals surface area contributed by atoms with Crippen molar-refractivity contribution >= 4 is 10.1 Å². The Morgan fingerprint density at radius 1 is 0.762 bits per heavy atom. The van der Waals surface area contributed by atoms with Crippen LogP contribution in [0.4, 0.5) is 0 Å². The monoisotopic (exact) mass is 322 g/mol. The van der Waals surface area contributed by atoms with E-state index in [1.54, 1.807) is 0 Å². The van der Waals surface area contributed by atoms with Crippen LogP contribution in [0.25, 0.3) is 0 Å². The number of hydrogen-bond acceptors (Lipinski definition) is 3. The highest BCUT2D eigenvalue weighted by Crippen LogP contribution is 2.19. The maximum absolute atomic E-state index is 11.4. The van der Waals surface area contributed by atoms with Crippen LogP contribution in [-0.4, -0.2) is 29.4 Å². The molecule has 4 nitrogen and oxygen atoms in total. The standard InChI is InChI=1S/C16H34O4S/c1-3-5-6-7-8-9-13-16(21(18,19)20)14-10-12-15(17)11-4-2/h15-17H,3-14H2,1-2H3,(H,18,19,20). The van der Waals surface area contributed by atoms with Gasteiger partial charge in [-0.3, -0.25) is 4.55 Å². The molecule has 0 amide bonds. The van der Waals surface area contributed by atoms with Gasteiger partial charge in [-0.05, 0) is 32.1 Å². The molecule has 128 valence electrons. The zero-order valence-corrected chi connectivity index (χ0v) is 14.6. The molecule has 2 unspecified atom stereocenters. The van der Waals surface area contributed by atoms with Crippen LogP contribution in [0, 0.1) is 0 Å². The normalized spacial score (nSPS) is 15.0. The summed E-state index contributed by atoms with van der Waals surface area (Å²) < 4.78 is 32.1. The van der Waals surface area contributed by atoms with Crippen molar-refractivity contribution in [3.63, 3.8) is 0 Å². The van der Waals surface area contributed by atoms with Gasteiger partial charge in [-0.2, -0.15) is 8.42 Å². The quantitative estimate of drug-likeness (QED) is 0.369. The van der Waals surface area contributed by atoms with Gasteiger partial charge in [0.2, 0.25) is 0 Å². The summed E-state index contributed by atoms with van der Waals surface area (Å²) in [6.07, 6.45) is 10.3. The van der Waals surface area contributed by atoms with Crippen molar-refractivity contribution in [3.05, 3.63) is 0 Å². The summed E-state index contributed by atoms with van der Waals surface area (Å²) in [4.78, 5) is 0. The topological polar surface area (TPSA) is 74.6 Å². The van der Waals surface area contributed by atoms with E-state index >= 15 is 0 Å². The van der Waals surface area contributed by atoms with Gasteiger partial charge in [0.25, 0.3) is 10.1 Å². The highest BCUT2D eigenvalue weighted by Gasteiger charge is 2.22. The third-order valence-corrected chi connectivity index (χ3v) is 5.30. The molecule has 0 saturated heterocycles. The molecule has 0 aromatic heterocycles. The molecule has 0 saturated carbocycles. The molecular formula is C16H34O4S. The summed E-state index contributed by atoms with van der Waals surface area (Å²) >= 11 is 0. The zero-order valence-electron chi connectivity index (χ0n) is 13.8. The van der Waals surface area contributed by atoms with E-state index in [0.29, 0.717) is 25.7 Å². The predicted octanol–water partition coefficient (Wildman–Crippen LogP) is 4.32. The van der Waals surface area contributed by atoms with Crippen molar-refractivity contribution in [2.75, 3.05) is 0 Å². The summed E-state index contributed by atoms with van der Waals surface area (Å²) in [7, 11) is -3.95. The first-order chi connectivity index (χ1) is 9.91. The lowest BCUT2D eigenvalue weighted by molar-refractivity contribution is 0.150. The number of hydrogen-bond donors (Lipinski definition) is 2. The maximum Gasteiger partial charge on any atom is 0.267 e. The van der Waals surface area contributed by atoms with E-state index in [2.05, 4.69) is 6.92 Å². The van der Waals surface area contributed by atoms with E-state index < -0.39 is 15.4 Å². The molecular weight excluding hydrogens is 288 g/mol. The van der Waals surface area contributed by atoms with E-state index in [1.165, 1.54) is 19.3 Å². The molecule has 0 radical (unpaired) electrons. The minimum atomic E-state index is -3.95. The second-order valence-corrected chi connectivity index (χ2v) is 7.76. The molecule has 0 fully saturated rings. The average molecular weight is 323 g/mol. The van der Waals surface area contributed by atoms with Gasteiger partial charge in [-0.25, -0.2) is 0 Å².